The zero-order valence-electron chi connectivity index (χ0n) is 7.01. The van der Waals surface area contributed by atoms with Gasteiger partial charge in [-0.05, 0) is 18.6 Å². The summed E-state index contributed by atoms with van der Waals surface area (Å²) in [6, 6.07) is 1.86. The van der Waals surface area contributed by atoms with Crippen molar-refractivity contribution in [2.24, 2.45) is 0 Å². The highest BCUT2D eigenvalue weighted by atomic mass is 16.1. The average molecular weight is 152 g/mol. The van der Waals surface area contributed by atoms with E-state index >= 15 is 0 Å². The summed E-state index contributed by atoms with van der Waals surface area (Å²) in [4.78, 5) is 15.6. The van der Waals surface area contributed by atoms with Gasteiger partial charge < -0.3 is 9.88 Å². The van der Waals surface area contributed by atoms with E-state index in [9.17, 15) is 4.79 Å². The van der Waals surface area contributed by atoms with E-state index in [0.717, 1.165) is 5.56 Å². The molecule has 0 aromatic carbocycles. The third-order valence-electron chi connectivity index (χ3n) is 1.51. The largest absolute Gasteiger partial charge is 0.373 e. The molecule has 0 saturated heterocycles. The van der Waals surface area contributed by atoms with E-state index in [4.69, 9.17) is 0 Å². The van der Waals surface area contributed by atoms with E-state index in [1.54, 1.807) is 11.1 Å². The quantitative estimate of drug-likeness (QED) is 0.644. The summed E-state index contributed by atoms with van der Waals surface area (Å²) in [6.07, 6.45) is 1.70. The van der Waals surface area contributed by atoms with Crippen molar-refractivity contribution in [2.45, 2.75) is 6.92 Å². The van der Waals surface area contributed by atoms with Crippen LogP contribution < -0.4 is 10.5 Å². The van der Waals surface area contributed by atoms with Gasteiger partial charge in [0, 0.05) is 20.3 Å². The fraction of sp³-hybridized carbons (Fsp3) is 0.375. The van der Waals surface area contributed by atoms with Gasteiger partial charge in [-0.25, -0.2) is 0 Å². The van der Waals surface area contributed by atoms with Crippen LogP contribution in [0, 0.1) is 6.92 Å². The number of anilines is 1. The second-order valence-corrected chi connectivity index (χ2v) is 2.79. The van der Waals surface area contributed by atoms with Crippen LogP contribution >= 0.6 is 0 Å². The maximum Gasteiger partial charge on any atom is 0.271 e. The molecule has 0 saturated carbocycles. The van der Waals surface area contributed by atoms with Crippen LogP contribution in [0.25, 0.3) is 0 Å². The molecule has 3 nitrogen and oxygen atoms in total. The van der Waals surface area contributed by atoms with Crippen LogP contribution in [-0.4, -0.2) is 19.1 Å². The molecule has 0 atom stereocenters. The Bertz CT molecular complexity index is 301. The molecule has 0 fully saturated rings. The zero-order valence-corrected chi connectivity index (χ0v) is 7.01. The summed E-state index contributed by atoms with van der Waals surface area (Å²) in [7, 11) is 3.70. The van der Waals surface area contributed by atoms with Crippen LogP contribution in [0.3, 0.4) is 0 Å². The van der Waals surface area contributed by atoms with Gasteiger partial charge >= 0.3 is 0 Å². The van der Waals surface area contributed by atoms with Gasteiger partial charge in [0.15, 0.2) is 0 Å². The summed E-state index contributed by atoms with van der Waals surface area (Å²) in [5.74, 6) is 0. The molecular formula is C8H12N2O. The summed E-state index contributed by atoms with van der Waals surface area (Å²) in [5.41, 5.74) is 1.72. The Hall–Kier alpha value is -1.25. The lowest BCUT2D eigenvalue weighted by molar-refractivity contribution is 1.07. The highest BCUT2D eigenvalue weighted by Gasteiger charge is 1.99. The lowest BCUT2D eigenvalue weighted by atomic mass is 10.3. The molecule has 0 unspecified atom stereocenters. The molecule has 0 radical (unpaired) electrons. The molecule has 60 valence electrons. The smallest absolute Gasteiger partial charge is 0.271 e. The Kier molecular flexibility index (Phi) is 1.98. The minimum absolute atomic E-state index is 0.0411. The standard InChI is InChI=1S/C8H12N2O/c1-6-4-7(10(2)3)8(11)9-5-6/h4-5H,1-3H3,(H,9,11). The van der Waals surface area contributed by atoms with Gasteiger partial charge in [0.2, 0.25) is 0 Å². The number of aryl methyl sites for hydroxylation is 1. The third-order valence-corrected chi connectivity index (χ3v) is 1.51. The minimum atomic E-state index is -0.0411. The van der Waals surface area contributed by atoms with Gasteiger partial charge in [0.05, 0.1) is 0 Å². The summed E-state index contributed by atoms with van der Waals surface area (Å²) < 4.78 is 0. The Morgan fingerprint density at radius 3 is 2.55 bits per heavy atom. The molecule has 0 aliphatic rings. The van der Waals surface area contributed by atoms with Crippen LogP contribution in [-0.2, 0) is 0 Å². The van der Waals surface area contributed by atoms with Gasteiger partial charge in [-0.1, -0.05) is 0 Å². The number of nitrogens with zero attached hydrogens (tertiary/aromatic N) is 1. The van der Waals surface area contributed by atoms with E-state index in [-0.39, 0.29) is 5.56 Å². The second kappa shape index (κ2) is 2.78. The fourth-order valence-corrected chi connectivity index (χ4v) is 0.908. The van der Waals surface area contributed by atoms with Crippen LogP contribution in [0.5, 0.6) is 0 Å². The number of H-pyrrole nitrogens is 1. The van der Waals surface area contributed by atoms with Gasteiger partial charge in [-0.3, -0.25) is 4.79 Å². The molecule has 1 rings (SSSR count). The fourth-order valence-electron chi connectivity index (χ4n) is 0.908. The zero-order chi connectivity index (χ0) is 8.43. The topological polar surface area (TPSA) is 36.1 Å². The minimum Gasteiger partial charge on any atom is -0.373 e. The molecule has 1 aromatic heterocycles. The van der Waals surface area contributed by atoms with E-state index in [0.29, 0.717) is 5.69 Å². The summed E-state index contributed by atoms with van der Waals surface area (Å²) >= 11 is 0. The molecule has 0 bridgehead atoms. The van der Waals surface area contributed by atoms with Crippen molar-refractivity contribution >= 4 is 5.69 Å². The predicted octanol–water partition coefficient (Wildman–Crippen LogP) is 0.749. The van der Waals surface area contributed by atoms with Crippen LogP contribution in [0.2, 0.25) is 0 Å². The maximum atomic E-state index is 11.1. The maximum absolute atomic E-state index is 11.1. The molecule has 3 heteroatoms. The Morgan fingerprint density at radius 1 is 1.45 bits per heavy atom. The predicted molar refractivity (Wildman–Crippen MR) is 46.1 cm³/mol. The SMILES string of the molecule is Cc1c[nH]c(=O)c(N(C)C)c1. The Morgan fingerprint density at radius 2 is 2.09 bits per heavy atom. The van der Waals surface area contributed by atoms with Crippen LogP contribution in [0.4, 0.5) is 5.69 Å². The van der Waals surface area contributed by atoms with E-state index in [1.807, 2.05) is 27.1 Å². The molecule has 1 heterocycles. The number of aromatic nitrogens is 1. The number of rotatable bonds is 1. The molecule has 0 aliphatic carbocycles. The van der Waals surface area contributed by atoms with Crippen molar-refractivity contribution in [2.75, 3.05) is 19.0 Å². The second-order valence-electron chi connectivity index (χ2n) is 2.79. The van der Waals surface area contributed by atoms with Crippen LogP contribution in [0.1, 0.15) is 5.56 Å². The highest BCUT2D eigenvalue weighted by molar-refractivity contribution is 5.43. The van der Waals surface area contributed by atoms with E-state index in [2.05, 4.69) is 4.98 Å². The van der Waals surface area contributed by atoms with E-state index < -0.39 is 0 Å². The highest BCUT2D eigenvalue weighted by Crippen LogP contribution is 2.04. The number of pyridine rings is 1. The molecule has 0 aliphatic heterocycles. The van der Waals surface area contributed by atoms with Gasteiger partial charge in [0.1, 0.15) is 5.69 Å². The molecule has 0 amide bonds. The van der Waals surface area contributed by atoms with Gasteiger partial charge in [-0.15, -0.1) is 0 Å². The first-order valence-electron chi connectivity index (χ1n) is 3.48. The molecule has 1 N–H and O–H groups in total. The van der Waals surface area contributed by atoms with Crippen molar-refractivity contribution in [1.29, 1.82) is 0 Å². The molecule has 1 aromatic rings. The first kappa shape index (κ1) is 7.85. The van der Waals surface area contributed by atoms with E-state index in [1.165, 1.54) is 0 Å². The van der Waals surface area contributed by atoms with Crippen LogP contribution in [0.15, 0.2) is 17.1 Å². The van der Waals surface area contributed by atoms with Crippen molar-refractivity contribution < 1.29 is 0 Å². The first-order chi connectivity index (χ1) is 5.11. The lowest BCUT2D eigenvalue weighted by Crippen LogP contribution is -2.20. The van der Waals surface area contributed by atoms with Crippen molar-refractivity contribution in [3.63, 3.8) is 0 Å². The van der Waals surface area contributed by atoms with Crippen molar-refractivity contribution in [3.8, 4) is 0 Å². The molecular weight excluding hydrogens is 140 g/mol. The first-order valence-corrected chi connectivity index (χ1v) is 3.48. The Balaban J connectivity index is 3.24. The molecule has 0 spiro atoms. The third kappa shape index (κ3) is 1.61. The number of nitrogens with one attached hydrogen (secondary N) is 1. The van der Waals surface area contributed by atoms with Gasteiger partial charge in [-0.2, -0.15) is 0 Å². The van der Waals surface area contributed by atoms with Crippen molar-refractivity contribution in [3.05, 3.63) is 28.2 Å². The summed E-state index contributed by atoms with van der Waals surface area (Å²) in [5, 5.41) is 0. The molecule has 11 heavy (non-hydrogen) atoms. The number of aromatic amines is 1. The van der Waals surface area contributed by atoms with Crippen molar-refractivity contribution in [1.82, 2.24) is 4.98 Å². The number of hydrogen-bond donors (Lipinski definition) is 1. The monoisotopic (exact) mass is 152 g/mol. The normalized spacial score (nSPS) is 9.73. The Labute approximate surface area is 65.7 Å². The average Bonchev–Trinajstić information content (AvgIpc) is 1.94. The number of hydrogen-bond acceptors (Lipinski definition) is 2. The van der Waals surface area contributed by atoms with Gasteiger partial charge in [0.25, 0.3) is 5.56 Å². The summed E-state index contributed by atoms with van der Waals surface area (Å²) in [6.45, 7) is 1.95. The lowest BCUT2D eigenvalue weighted by Gasteiger charge is -2.10.